The van der Waals surface area contributed by atoms with Crippen LogP contribution in [0.15, 0.2) is 18.2 Å². The summed E-state index contributed by atoms with van der Waals surface area (Å²) < 4.78 is 18.7. The van der Waals surface area contributed by atoms with Gasteiger partial charge in [0, 0.05) is 6.04 Å². The summed E-state index contributed by atoms with van der Waals surface area (Å²) >= 11 is 0. The van der Waals surface area contributed by atoms with Gasteiger partial charge < -0.3 is 10.5 Å². The van der Waals surface area contributed by atoms with Gasteiger partial charge in [0.1, 0.15) is 0 Å². The minimum Gasteiger partial charge on any atom is -0.494 e. The SMILES string of the molecule is CCC1CCCCC1C(N)c1ccc(OC)c(F)c1. The summed E-state index contributed by atoms with van der Waals surface area (Å²) in [5.74, 6) is 1.12. The summed E-state index contributed by atoms with van der Waals surface area (Å²) in [5, 5.41) is 0. The minimum absolute atomic E-state index is 0.0642. The summed E-state index contributed by atoms with van der Waals surface area (Å²) in [4.78, 5) is 0. The Balaban J connectivity index is 2.17. The second-order valence-corrected chi connectivity index (χ2v) is 5.54. The molecule has 2 nitrogen and oxygen atoms in total. The van der Waals surface area contributed by atoms with E-state index in [1.807, 2.05) is 6.07 Å². The van der Waals surface area contributed by atoms with Crippen molar-refractivity contribution in [3.63, 3.8) is 0 Å². The molecule has 3 unspecified atom stereocenters. The van der Waals surface area contributed by atoms with E-state index in [1.165, 1.54) is 32.4 Å². The molecule has 19 heavy (non-hydrogen) atoms. The van der Waals surface area contributed by atoms with Gasteiger partial charge >= 0.3 is 0 Å². The van der Waals surface area contributed by atoms with Gasteiger partial charge in [0.2, 0.25) is 0 Å². The van der Waals surface area contributed by atoms with Gasteiger partial charge in [-0.05, 0) is 36.0 Å². The third-order valence-corrected chi connectivity index (χ3v) is 4.51. The second-order valence-electron chi connectivity index (χ2n) is 5.54. The third kappa shape index (κ3) is 3.08. The lowest BCUT2D eigenvalue weighted by molar-refractivity contribution is 0.196. The Labute approximate surface area is 115 Å². The van der Waals surface area contributed by atoms with Crippen LogP contribution in [0, 0.1) is 17.7 Å². The number of nitrogens with two attached hydrogens (primary N) is 1. The molecule has 1 aromatic carbocycles. The first kappa shape index (κ1) is 14.3. The van der Waals surface area contributed by atoms with Gasteiger partial charge in [-0.15, -0.1) is 0 Å². The van der Waals surface area contributed by atoms with Crippen LogP contribution in [-0.2, 0) is 0 Å². The lowest BCUT2D eigenvalue weighted by atomic mass is 9.72. The van der Waals surface area contributed by atoms with Crippen molar-refractivity contribution >= 4 is 0 Å². The standard InChI is InChI=1S/C16H24FNO/c1-3-11-6-4-5-7-13(11)16(18)12-8-9-15(19-2)14(17)10-12/h8-11,13,16H,3-7,18H2,1-2H3. The van der Waals surface area contributed by atoms with Crippen molar-refractivity contribution in [3.05, 3.63) is 29.6 Å². The first-order valence-electron chi connectivity index (χ1n) is 7.26. The summed E-state index contributed by atoms with van der Waals surface area (Å²) in [5.41, 5.74) is 7.28. The van der Waals surface area contributed by atoms with E-state index in [1.54, 1.807) is 6.07 Å². The Morgan fingerprint density at radius 1 is 1.37 bits per heavy atom. The van der Waals surface area contributed by atoms with Gasteiger partial charge in [-0.25, -0.2) is 4.39 Å². The summed E-state index contributed by atoms with van der Waals surface area (Å²) in [6.45, 7) is 2.23. The maximum absolute atomic E-state index is 13.8. The zero-order valence-corrected chi connectivity index (χ0v) is 11.9. The van der Waals surface area contributed by atoms with Crippen molar-refractivity contribution in [2.75, 3.05) is 7.11 Å². The molecule has 0 aliphatic heterocycles. The number of hydrogen-bond donors (Lipinski definition) is 1. The molecule has 2 rings (SSSR count). The van der Waals surface area contributed by atoms with Gasteiger partial charge in [0.25, 0.3) is 0 Å². The van der Waals surface area contributed by atoms with E-state index in [4.69, 9.17) is 10.5 Å². The van der Waals surface area contributed by atoms with Crippen molar-refractivity contribution in [2.45, 2.75) is 45.1 Å². The number of hydrogen-bond acceptors (Lipinski definition) is 2. The van der Waals surface area contributed by atoms with Crippen LogP contribution < -0.4 is 10.5 Å². The van der Waals surface area contributed by atoms with Gasteiger partial charge in [0.15, 0.2) is 11.6 Å². The molecule has 1 aromatic rings. The van der Waals surface area contributed by atoms with Crippen molar-refractivity contribution in [3.8, 4) is 5.75 Å². The summed E-state index contributed by atoms with van der Waals surface area (Å²) in [7, 11) is 1.48. The molecule has 1 fully saturated rings. The van der Waals surface area contributed by atoms with Crippen LogP contribution in [0.25, 0.3) is 0 Å². The Bertz CT molecular complexity index is 421. The normalized spacial score (nSPS) is 25.1. The number of halogens is 1. The lowest BCUT2D eigenvalue weighted by Crippen LogP contribution is -2.30. The van der Waals surface area contributed by atoms with E-state index in [2.05, 4.69) is 6.92 Å². The lowest BCUT2D eigenvalue weighted by Gasteiger charge is -2.35. The van der Waals surface area contributed by atoms with Crippen LogP contribution in [-0.4, -0.2) is 7.11 Å². The summed E-state index contributed by atoms with van der Waals surface area (Å²) in [6.07, 6.45) is 6.13. The van der Waals surface area contributed by atoms with Crippen LogP contribution in [0.3, 0.4) is 0 Å². The zero-order chi connectivity index (χ0) is 13.8. The van der Waals surface area contributed by atoms with E-state index in [-0.39, 0.29) is 17.6 Å². The molecule has 0 amide bonds. The van der Waals surface area contributed by atoms with Crippen molar-refractivity contribution in [2.24, 2.45) is 17.6 Å². The average molecular weight is 265 g/mol. The molecule has 0 heterocycles. The van der Waals surface area contributed by atoms with Gasteiger partial charge in [0.05, 0.1) is 7.11 Å². The Hall–Kier alpha value is -1.09. The van der Waals surface area contributed by atoms with E-state index < -0.39 is 0 Å². The highest BCUT2D eigenvalue weighted by molar-refractivity contribution is 5.31. The van der Waals surface area contributed by atoms with Crippen LogP contribution >= 0.6 is 0 Å². The molecular formula is C16H24FNO. The monoisotopic (exact) mass is 265 g/mol. The highest BCUT2D eigenvalue weighted by Crippen LogP contribution is 2.39. The molecule has 0 saturated heterocycles. The predicted molar refractivity (Wildman–Crippen MR) is 75.6 cm³/mol. The average Bonchev–Trinajstić information content (AvgIpc) is 2.46. The maximum Gasteiger partial charge on any atom is 0.165 e. The molecule has 1 aliphatic carbocycles. The van der Waals surface area contributed by atoms with Gasteiger partial charge in [-0.2, -0.15) is 0 Å². The molecule has 0 spiro atoms. The van der Waals surface area contributed by atoms with Crippen LogP contribution in [0.2, 0.25) is 0 Å². The van der Waals surface area contributed by atoms with Crippen molar-refractivity contribution in [1.82, 2.24) is 0 Å². The largest absolute Gasteiger partial charge is 0.494 e. The summed E-state index contributed by atoms with van der Waals surface area (Å²) in [6, 6.07) is 5.04. The molecule has 106 valence electrons. The van der Waals surface area contributed by atoms with Crippen molar-refractivity contribution < 1.29 is 9.13 Å². The second kappa shape index (κ2) is 6.38. The molecular weight excluding hydrogens is 241 g/mol. The molecule has 1 saturated carbocycles. The van der Waals surface area contributed by atoms with Crippen LogP contribution in [0.4, 0.5) is 4.39 Å². The molecule has 3 heteroatoms. The highest BCUT2D eigenvalue weighted by Gasteiger charge is 2.29. The third-order valence-electron chi connectivity index (χ3n) is 4.51. The highest BCUT2D eigenvalue weighted by atomic mass is 19.1. The van der Waals surface area contributed by atoms with Crippen LogP contribution in [0.1, 0.15) is 50.6 Å². The molecule has 0 bridgehead atoms. The fraction of sp³-hybridized carbons (Fsp3) is 0.625. The fourth-order valence-corrected chi connectivity index (χ4v) is 3.35. The Kier molecular flexibility index (Phi) is 4.81. The molecule has 3 atom stereocenters. The maximum atomic E-state index is 13.8. The fourth-order valence-electron chi connectivity index (χ4n) is 3.35. The first-order valence-corrected chi connectivity index (χ1v) is 7.26. The number of benzene rings is 1. The minimum atomic E-state index is -0.320. The predicted octanol–water partition coefficient (Wildman–Crippen LogP) is 4.05. The molecule has 0 radical (unpaired) electrons. The topological polar surface area (TPSA) is 35.2 Å². The quantitative estimate of drug-likeness (QED) is 0.891. The van der Waals surface area contributed by atoms with E-state index in [0.717, 1.165) is 18.4 Å². The van der Waals surface area contributed by atoms with Gasteiger partial charge in [-0.1, -0.05) is 38.7 Å². The Morgan fingerprint density at radius 3 is 2.74 bits per heavy atom. The first-order chi connectivity index (χ1) is 9.17. The zero-order valence-electron chi connectivity index (χ0n) is 11.9. The Morgan fingerprint density at radius 2 is 2.11 bits per heavy atom. The number of methoxy groups -OCH3 is 1. The number of ether oxygens (including phenoxy) is 1. The van der Waals surface area contributed by atoms with E-state index >= 15 is 0 Å². The number of rotatable bonds is 4. The molecule has 0 aromatic heterocycles. The smallest absolute Gasteiger partial charge is 0.165 e. The molecule has 1 aliphatic rings. The van der Waals surface area contributed by atoms with Crippen molar-refractivity contribution in [1.29, 1.82) is 0 Å². The molecule has 2 N–H and O–H groups in total. The van der Waals surface area contributed by atoms with Crippen LogP contribution in [0.5, 0.6) is 5.75 Å². The van der Waals surface area contributed by atoms with E-state index in [0.29, 0.717) is 11.8 Å². The van der Waals surface area contributed by atoms with Gasteiger partial charge in [-0.3, -0.25) is 0 Å². The van der Waals surface area contributed by atoms with E-state index in [9.17, 15) is 4.39 Å².